The smallest absolute Gasteiger partial charge is 0.408 e. The molecule has 3 rings (SSSR count). The van der Waals surface area contributed by atoms with Crippen LogP contribution in [0.15, 0.2) is 38.0 Å². The standard InChI is InChI=1S/C14H13N3O4/c1-8-5-12(16-21-8)15-13(18)7-9-3-4-11-10(6-9)17(2)14(19)20-11/h3-6H,7H2,1-2H3,(H,15,16,18). The number of hydrogen-bond acceptors (Lipinski definition) is 5. The molecule has 3 aromatic rings. The van der Waals surface area contributed by atoms with Gasteiger partial charge in [0, 0.05) is 13.1 Å². The van der Waals surface area contributed by atoms with Crippen LogP contribution in [0.2, 0.25) is 0 Å². The summed E-state index contributed by atoms with van der Waals surface area (Å²) < 4.78 is 11.3. The molecule has 0 bridgehead atoms. The van der Waals surface area contributed by atoms with Crippen LogP contribution in [0.4, 0.5) is 5.82 Å². The molecule has 2 heterocycles. The maximum Gasteiger partial charge on any atom is 0.419 e. The van der Waals surface area contributed by atoms with Gasteiger partial charge in [0.25, 0.3) is 0 Å². The molecule has 1 aromatic carbocycles. The number of oxazole rings is 1. The summed E-state index contributed by atoms with van der Waals surface area (Å²) in [6.45, 7) is 1.75. The molecule has 2 aromatic heterocycles. The van der Waals surface area contributed by atoms with Crippen molar-refractivity contribution in [1.29, 1.82) is 0 Å². The Kier molecular flexibility index (Phi) is 3.09. The second kappa shape index (κ2) is 4.93. The van der Waals surface area contributed by atoms with Gasteiger partial charge in [0.2, 0.25) is 5.91 Å². The summed E-state index contributed by atoms with van der Waals surface area (Å²) in [6.07, 6.45) is 0.168. The zero-order valence-electron chi connectivity index (χ0n) is 11.5. The zero-order valence-corrected chi connectivity index (χ0v) is 11.5. The average molecular weight is 287 g/mol. The van der Waals surface area contributed by atoms with Crippen LogP contribution >= 0.6 is 0 Å². The van der Waals surface area contributed by atoms with Crippen molar-refractivity contribution >= 4 is 22.8 Å². The van der Waals surface area contributed by atoms with E-state index in [1.165, 1.54) is 4.57 Å². The monoisotopic (exact) mass is 287 g/mol. The third-order valence-corrected chi connectivity index (χ3v) is 3.12. The summed E-state index contributed by atoms with van der Waals surface area (Å²) in [6, 6.07) is 6.83. The number of nitrogens with zero attached hydrogens (tertiary/aromatic N) is 2. The minimum Gasteiger partial charge on any atom is -0.408 e. The van der Waals surface area contributed by atoms with Crippen LogP contribution in [0.3, 0.4) is 0 Å². The Labute approximate surface area is 119 Å². The second-order valence-corrected chi connectivity index (χ2v) is 4.78. The summed E-state index contributed by atoms with van der Waals surface area (Å²) in [4.78, 5) is 23.3. The lowest BCUT2D eigenvalue weighted by Crippen LogP contribution is -2.14. The Morgan fingerprint density at radius 3 is 2.90 bits per heavy atom. The van der Waals surface area contributed by atoms with Gasteiger partial charge in [-0.15, -0.1) is 0 Å². The predicted octanol–water partition coefficient (Wildman–Crippen LogP) is 1.61. The summed E-state index contributed by atoms with van der Waals surface area (Å²) in [7, 11) is 1.62. The first-order chi connectivity index (χ1) is 10.0. The molecule has 0 unspecified atom stereocenters. The molecule has 1 N–H and O–H groups in total. The molecular formula is C14H13N3O4. The van der Waals surface area contributed by atoms with E-state index in [0.29, 0.717) is 22.7 Å². The summed E-state index contributed by atoms with van der Waals surface area (Å²) in [5, 5.41) is 6.34. The minimum absolute atomic E-state index is 0.168. The topological polar surface area (TPSA) is 90.3 Å². The number of hydrogen-bond donors (Lipinski definition) is 1. The molecule has 7 heteroatoms. The minimum atomic E-state index is -0.426. The van der Waals surface area contributed by atoms with Crippen molar-refractivity contribution < 1.29 is 13.7 Å². The van der Waals surface area contributed by atoms with E-state index >= 15 is 0 Å². The normalized spacial score (nSPS) is 11.0. The maximum atomic E-state index is 11.9. The van der Waals surface area contributed by atoms with Gasteiger partial charge in [-0.25, -0.2) is 4.79 Å². The van der Waals surface area contributed by atoms with Crippen molar-refractivity contribution in [3.05, 3.63) is 46.1 Å². The second-order valence-electron chi connectivity index (χ2n) is 4.78. The van der Waals surface area contributed by atoms with Crippen molar-refractivity contribution in [3.63, 3.8) is 0 Å². The maximum absolute atomic E-state index is 11.9. The van der Waals surface area contributed by atoms with Crippen LogP contribution in [-0.4, -0.2) is 15.6 Å². The largest absolute Gasteiger partial charge is 0.419 e. The molecule has 0 radical (unpaired) electrons. The van der Waals surface area contributed by atoms with Crippen LogP contribution < -0.4 is 11.1 Å². The predicted molar refractivity (Wildman–Crippen MR) is 75.0 cm³/mol. The van der Waals surface area contributed by atoms with Gasteiger partial charge in [-0.2, -0.15) is 0 Å². The molecule has 7 nitrogen and oxygen atoms in total. The van der Waals surface area contributed by atoms with Gasteiger partial charge in [0.15, 0.2) is 11.4 Å². The third-order valence-electron chi connectivity index (χ3n) is 3.12. The Balaban J connectivity index is 1.79. The third kappa shape index (κ3) is 2.58. The van der Waals surface area contributed by atoms with E-state index in [1.54, 1.807) is 38.2 Å². The number of fused-ring (bicyclic) bond motifs is 1. The van der Waals surface area contributed by atoms with Crippen molar-refractivity contribution in [3.8, 4) is 0 Å². The molecule has 0 fully saturated rings. The highest BCUT2D eigenvalue weighted by atomic mass is 16.5. The molecular weight excluding hydrogens is 274 g/mol. The fraction of sp³-hybridized carbons (Fsp3) is 0.214. The summed E-state index contributed by atoms with van der Waals surface area (Å²) in [5.74, 6) is 0.371. The van der Waals surface area contributed by atoms with Crippen LogP contribution in [0, 0.1) is 6.92 Å². The van der Waals surface area contributed by atoms with Crippen LogP contribution in [-0.2, 0) is 18.3 Å². The lowest BCUT2D eigenvalue weighted by atomic mass is 10.1. The molecule has 0 saturated carbocycles. The van der Waals surface area contributed by atoms with Crippen molar-refractivity contribution in [2.45, 2.75) is 13.3 Å². The van der Waals surface area contributed by atoms with Gasteiger partial charge in [0.05, 0.1) is 11.9 Å². The molecule has 1 amide bonds. The molecule has 108 valence electrons. The van der Waals surface area contributed by atoms with Crippen molar-refractivity contribution in [1.82, 2.24) is 9.72 Å². The van der Waals surface area contributed by atoms with E-state index in [1.807, 2.05) is 0 Å². The van der Waals surface area contributed by atoms with E-state index in [-0.39, 0.29) is 12.3 Å². The first-order valence-corrected chi connectivity index (χ1v) is 6.34. The van der Waals surface area contributed by atoms with E-state index < -0.39 is 5.76 Å². The van der Waals surface area contributed by atoms with Crippen molar-refractivity contribution in [2.75, 3.05) is 5.32 Å². The van der Waals surface area contributed by atoms with Gasteiger partial charge < -0.3 is 14.3 Å². The quantitative estimate of drug-likeness (QED) is 0.790. The molecule has 0 aliphatic rings. The van der Waals surface area contributed by atoms with Crippen molar-refractivity contribution in [2.24, 2.45) is 7.05 Å². The highest BCUT2D eigenvalue weighted by Gasteiger charge is 2.10. The summed E-state index contributed by atoms with van der Waals surface area (Å²) in [5.41, 5.74) is 1.93. The van der Waals surface area contributed by atoms with Gasteiger partial charge in [-0.1, -0.05) is 11.2 Å². The van der Waals surface area contributed by atoms with E-state index in [0.717, 1.165) is 5.56 Å². The van der Waals surface area contributed by atoms with Crippen LogP contribution in [0.5, 0.6) is 0 Å². The lowest BCUT2D eigenvalue weighted by Gasteiger charge is -2.02. The average Bonchev–Trinajstić information content (AvgIpc) is 2.95. The number of amides is 1. The Morgan fingerprint density at radius 2 is 2.19 bits per heavy atom. The highest BCUT2D eigenvalue weighted by molar-refractivity contribution is 5.91. The number of carbonyl (C=O) groups is 1. The van der Waals surface area contributed by atoms with Gasteiger partial charge >= 0.3 is 5.76 Å². The SMILES string of the molecule is Cc1cc(NC(=O)Cc2ccc3oc(=O)n(C)c3c2)no1. The molecule has 0 saturated heterocycles. The molecule has 0 atom stereocenters. The van der Waals surface area contributed by atoms with Gasteiger partial charge in [-0.3, -0.25) is 9.36 Å². The van der Waals surface area contributed by atoms with E-state index in [4.69, 9.17) is 8.94 Å². The summed E-state index contributed by atoms with van der Waals surface area (Å²) >= 11 is 0. The Hall–Kier alpha value is -2.83. The first kappa shape index (κ1) is 13.2. The van der Waals surface area contributed by atoms with Crippen LogP contribution in [0.25, 0.3) is 11.1 Å². The Bertz CT molecular complexity index is 872. The zero-order chi connectivity index (χ0) is 15.0. The van der Waals surface area contributed by atoms with E-state index in [2.05, 4.69) is 10.5 Å². The molecule has 0 spiro atoms. The number of benzene rings is 1. The van der Waals surface area contributed by atoms with Gasteiger partial charge in [0.1, 0.15) is 5.76 Å². The number of aromatic nitrogens is 2. The van der Waals surface area contributed by atoms with Crippen LogP contribution in [0.1, 0.15) is 11.3 Å². The fourth-order valence-electron chi connectivity index (χ4n) is 2.08. The number of carbonyl (C=O) groups excluding carboxylic acids is 1. The Morgan fingerprint density at radius 1 is 1.38 bits per heavy atom. The number of anilines is 1. The molecule has 0 aliphatic carbocycles. The molecule has 0 aliphatic heterocycles. The highest BCUT2D eigenvalue weighted by Crippen LogP contribution is 2.15. The first-order valence-electron chi connectivity index (χ1n) is 6.34. The number of nitrogens with one attached hydrogen (secondary N) is 1. The fourth-order valence-corrected chi connectivity index (χ4v) is 2.08. The number of rotatable bonds is 3. The lowest BCUT2D eigenvalue weighted by molar-refractivity contribution is -0.115. The number of aryl methyl sites for hydroxylation is 2. The van der Waals surface area contributed by atoms with E-state index in [9.17, 15) is 9.59 Å². The molecule has 21 heavy (non-hydrogen) atoms. The van der Waals surface area contributed by atoms with Gasteiger partial charge in [-0.05, 0) is 24.6 Å².